The average Bonchev–Trinajstić information content (AvgIpc) is 3.39. The van der Waals surface area contributed by atoms with Crippen LogP contribution in [0.4, 0.5) is 11.8 Å². The molecule has 2 aromatic carbocycles. The standard InChI is InChI=1S/C30H36ClN5O4/c31-22-4-1-20(2-5-22)18-39-23-6-9-25-21(17-23)3-8-26-28(25)33-30(32)34-29(26)36-13-11-35(12-14-36)15-16-38-19-24-7-10-27(37)40-24/h1-2,4-6,9,17,24,27,37H,3,7-8,10-16,18-19H2,(H2,32,33,34). The van der Waals surface area contributed by atoms with E-state index in [1.807, 2.05) is 30.3 Å². The predicted octanol–water partition coefficient (Wildman–Crippen LogP) is 3.69. The van der Waals surface area contributed by atoms with Gasteiger partial charge in [0.05, 0.1) is 25.0 Å². The maximum atomic E-state index is 9.48. The smallest absolute Gasteiger partial charge is 0.222 e. The SMILES string of the molecule is Nc1nc2c(c(N3CCN(CCOCC4CCC(O)O4)CC3)n1)CCc1cc(OCc3ccc(Cl)cc3)ccc1-2. The first-order valence-corrected chi connectivity index (χ1v) is 14.4. The van der Waals surface area contributed by atoms with E-state index in [1.54, 1.807) is 0 Å². The van der Waals surface area contributed by atoms with E-state index >= 15 is 0 Å². The Bertz CT molecular complexity index is 1320. The molecule has 212 valence electrons. The Balaban J connectivity index is 1.06. The van der Waals surface area contributed by atoms with Crippen LogP contribution in [0.15, 0.2) is 42.5 Å². The highest BCUT2D eigenvalue weighted by atomic mass is 35.5. The molecule has 2 aliphatic heterocycles. The number of hydrogen-bond donors (Lipinski definition) is 2. The summed E-state index contributed by atoms with van der Waals surface area (Å²) in [5, 5.41) is 10.2. The highest BCUT2D eigenvalue weighted by Crippen LogP contribution is 2.38. The zero-order valence-corrected chi connectivity index (χ0v) is 23.4. The van der Waals surface area contributed by atoms with Crippen molar-refractivity contribution in [2.24, 2.45) is 0 Å². The van der Waals surface area contributed by atoms with Gasteiger partial charge in [-0.25, -0.2) is 4.98 Å². The molecule has 40 heavy (non-hydrogen) atoms. The third-order valence-electron chi connectivity index (χ3n) is 7.91. The second kappa shape index (κ2) is 12.3. The molecule has 0 radical (unpaired) electrons. The minimum Gasteiger partial charge on any atom is -0.489 e. The number of rotatable bonds is 9. The topological polar surface area (TPSA) is 106 Å². The Labute approximate surface area is 239 Å². The first-order chi connectivity index (χ1) is 19.5. The third-order valence-corrected chi connectivity index (χ3v) is 8.16. The molecule has 2 atom stereocenters. The number of aliphatic hydroxyl groups excluding tert-OH is 1. The predicted molar refractivity (Wildman–Crippen MR) is 155 cm³/mol. The van der Waals surface area contributed by atoms with Crippen LogP contribution in [-0.4, -0.2) is 78.3 Å². The fraction of sp³-hybridized carbons (Fsp3) is 0.467. The molecule has 1 aromatic heterocycles. The fourth-order valence-corrected chi connectivity index (χ4v) is 5.84. The average molecular weight is 566 g/mol. The molecule has 2 fully saturated rings. The molecule has 2 unspecified atom stereocenters. The van der Waals surface area contributed by atoms with Crippen LogP contribution in [0.3, 0.4) is 0 Å². The Morgan fingerprint density at radius 2 is 1.85 bits per heavy atom. The summed E-state index contributed by atoms with van der Waals surface area (Å²) in [6.45, 7) is 6.20. The van der Waals surface area contributed by atoms with Crippen LogP contribution >= 0.6 is 11.6 Å². The summed E-state index contributed by atoms with van der Waals surface area (Å²) >= 11 is 5.99. The lowest BCUT2D eigenvalue weighted by Gasteiger charge is -2.37. The quantitative estimate of drug-likeness (QED) is 0.376. The lowest BCUT2D eigenvalue weighted by molar-refractivity contribution is -0.109. The Kier molecular flexibility index (Phi) is 8.36. The summed E-state index contributed by atoms with van der Waals surface area (Å²) < 4.78 is 17.3. The van der Waals surface area contributed by atoms with Crippen LogP contribution in [0.1, 0.15) is 29.5 Å². The molecule has 1 aliphatic carbocycles. The van der Waals surface area contributed by atoms with Crippen molar-refractivity contribution in [2.75, 3.05) is 56.6 Å². The molecule has 0 bridgehead atoms. The van der Waals surface area contributed by atoms with Crippen LogP contribution in [0.2, 0.25) is 5.02 Å². The number of benzene rings is 2. The third kappa shape index (κ3) is 6.34. The van der Waals surface area contributed by atoms with Gasteiger partial charge in [0.1, 0.15) is 18.2 Å². The number of nitrogens with zero attached hydrogens (tertiary/aromatic N) is 4. The molecule has 2 saturated heterocycles. The molecule has 3 aromatic rings. The van der Waals surface area contributed by atoms with Crippen molar-refractivity contribution in [3.63, 3.8) is 0 Å². The monoisotopic (exact) mass is 565 g/mol. The lowest BCUT2D eigenvalue weighted by Crippen LogP contribution is -2.48. The van der Waals surface area contributed by atoms with Crippen LogP contribution in [-0.2, 0) is 28.9 Å². The van der Waals surface area contributed by atoms with Crippen LogP contribution in [0.25, 0.3) is 11.3 Å². The molecular weight excluding hydrogens is 530 g/mol. The maximum absolute atomic E-state index is 9.48. The molecule has 0 amide bonds. The molecule has 0 saturated carbocycles. The molecule has 6 rings (SSSR count). The van der Waals surface area contributed by atoms with Crippen molar-refractivity contribution < 1.29 is 19.3 Å². The van der Waals surface area contributed by atoms with Crippen LogP contribution < -0.4 is 15.4 Å². The number of piperazine rings is 1. The van der Waals surface area contributed by atoms with Crippen molar-refractivity contribution in [3.05, 3.63) is 64.2 Å². The first kappa shape index (κ1) is 27.2. The highest BCUT2D eigenvalue weighted by Gasteiger charge is 2.27. The summed E-state index contributed by atoms with van der Waals surface area (Å²) in [7, 11) is 0. The number of fused-ring (bicyclic) bond motifs is 3. The number of anilines is 2. The number of aliphatic hydroxyl groups is 1. The van der Waals surface area contributed by atoms with Gasteiger partial charge in [-0.2, -0.15) is 4.98 Å². The number of aromatic nitrogens is 2. The summed E-state index contributed by atoms with van der Waals surface area (Å²) in [6, 6.07) is 13.9. The van der Waals surface area contributed by atoms with Crippen molar-refractivity contribution in [2.45, 2.75) is 44.7 Å². The summed E-state index contributed by atoms with van der Waals surface area (Å²) in [5.41, 5.74) is 11.7. The number of nitrogen functional groups attached to an aromatic ring is 1. The maximum Gasteiger partial charge on any atom is 0.222 e. The summed E-state index contributed by atoms with van der Waals surface area (Å²) in [4.78, 5) is 14.1. The molecular formula is C30H36ClN5O4. The number of hydrogen-bond acceptors (Lipinski definition) is 9. The second-order valence-electron chi connectivity index (χ2n) is 10.7. The van der Waals surface area contributed by atoms with E-state index in [4.69, 9.17) is 36.5 Å². The number of aryl methyl sites for hydroxylation is 1. The van der Waals surface area contributed by atoms with E-state index < -0.39 is 6.29 Å². The van der Waals surface area contributed by atoms with Crippen LogP contribution in [0, 0.1) is 0 Å². The molecule has 3 N–H and O–H groups in total. The minimum absolute atomic E-state index is 0.0138. The number of halogens is 1. The fourth-order valence-electron chi connectivity index (χ4n) is 5.71. The normalized spacial score (nSPS) is 20.8. The molecule has 0 spiro atoms. The first-order valence-electron chi connectivity index (χ1n) is 14.1. The van der Waals surface area contributed by atoms with Gasteiger partial charge in [0, 0.05) is 55.3 Å². The van der Waals surface area contributed by atoms with E-state index in [2.05, 4.69) is 26.9 Å². The van der Waals surface area contributed by atoms with Gasteiger partial charge in [0.2, 0.25) is 5.95 Å². The van der Waals surface area contributed by atoms with Crippen molar-refractivity contribution in [3.8, 4) is 17.0 Å². The van der Waals surface area contributed by atoms with Gasteiger partial charge in [-0.1, -0.05) is 23.7 Å². The number of nitrogens with two attached hydrogens (primary N) is 1. The summed E-state index contributed by atoms with van der Waals surface area (Å²) in [5.74, 6) is 2.11. The van der Waals surface area contributed by atoms with E-state index in [1.165, 1.54) is 11.1 Å². The van der Waals surface area contributed by atoms with Gasteiger partial charge < -0.3 is 30.0 Å². The van der Waals surface area contributed by atoms with E-state index in [9.17, 15) is 5.11 Å². The van der Waals surface area contributed by atoms with Gasteiger partial charge in [-0.05, 0) is 60.7 Å². The summed E-state index contributed by atoms with van der Waals surface area (Å²) in [6.07, 6.45) is 2.70. The van der Waals surface area contributed by atoms with E-state index in [0.29, 0.717) is 32.2 Å². The van der Waals surface area contributed by atoms with Crippen molar-refractivity contribution >= 4 is 23.4 Å². The Morgan fingerprint density at radius 1 is 1.02 bits per heavy atom. The Hall–Kier alpha value is -2.95. The highest BCUT2D eigenvalue weighted by molar-refractivity contribution is 6.30. The zero-order valence-electron chi connectivity index (χ0n) is 22.6. The minimum atomic E-state index is -0.631. The van der Waals surface area contributed by atoms with E-state index in [0.717, 1.165) is 85.4 Å². The molecule has 3 aliphatic rings. The lowest BCUT2D eigenvalue weighted by atomic mass is 9.88. The van der Waals surface area contributed by atoms with Crippen molar-refractivity contribution in [1.82, 2.24) is 14.9 Å². The largest absolute Gasteiger partial charge is 0.489 e. The number of ether oxygens (including phenoxy) is 3. The molecule has 10 heteroatoms. The second-order valence-corrected chi connectivity index (χ2v) is 11.1. The zero-order chi connectivity index (χ0) is 27.5. The van der Waals surface area contributed by atoms with E-state index in [-0.39, 0.29) is 6.10 Å². The van der Waals surface area contributed by atoms with Gasteiger partial charge in [-0.3, -0.25) is 4.90 Å². The van der Waals surface area contributed by atoms with Gasteiger partial charge in [-0.15, -0.1) is 0 Å². The van der Waals surface area contributed by atoms with Crippen LogP contribution in [0.5, 0.6) is 5.75 Å². The molecule has 3 heterocycles. The van der Waals surface area contributed by atoms with Gasteiger partial charge >= 0.3 is 0 Å². The molecule has 9 nitrogen and oxygen atoms in total. The van der Waals surface area contributed by atoms with Gasteiger partial charge in [0.25, 0.3) is 0 Å². The van der Waals surface area contributed by atoms with Crippen molar-refractivity contribution in [1.29, 1.82) is 0 Å². The van der Waals surface area contributed by atoms with Gasteiger partial charge in [0.15, 0.2) is 6.29 Å². The Morgan fingerprint density at radius 3 is 2.62 bits per heavy atom.